The summed E-state index contributed by atoms with van der Waals surface area (Å²) in [6.07, 6.45) is 0. The van der Waals surface area contributed by atoms with E-state index < -0.39 is 0 Å². The summed E-state index contributed by atoms with van der Waals surface area (Å²) in [5.74, 6) is 0. The molecule has 292 valence electrons. The third-order valence-electron chi connectivity index (χ3n) is 12.0. The van der Waals surface area contributed by atoms with Crippen molar-refractivity contribution < 1.29 is 0 Å². The summed E-state index contributed by atoms with van der Waals surface area (Å²) in [7, 11) is 0. The van der Waals surface area contributed by atoms with Crippen LogP contribution in [0.5, 0.6) is 0 Å². The van der Waals surface area contributed by atoms with Crippen LogP contribution >= 0.6 is 0 Å². The monoisotopic (exact) mass is 790 g/mol. The van der Waals surface area contributed by atoms with Gasteiger partial charge in [-0.15, -0.1) is 0 Å². The zero-order valence-electron chi connectivity index (χ0n) is 34.1. The third kappa shape index (κ3) is 6.74. The number of fused-ring (bicyclic) bond motifs is 3. The molecular formula is C60H42N2. The highest BCUT2D eigenvalue weighted by atomic mass is 15.1. The van der Waals surface area contributed by atoms with Crippen LogP contribution in [0.25, 0.3) is 83.1 Å². The van der Waals surface area contributed by atoms with Gasteiger partial charge in [0.25, 0.3) is 0 Å². The van der Waals surface area contributed by atoms with Gasteiger partial charge in [-0.3, -0.25) is 0 Å². The van der Waals surface area contributed by atoms with Crippen LogP contribution in [0, 0.1) is 0 Å². The van der Waals surface area contributed by atoms with Crippen molar-refractivity contribution >= 4 is 38.9 Å². The molecule has 2 nitrogen and oxygen atoms in total. The first-order chi connectivity index (χ1) is 30.8. The van der Waals surface area contributed by atoms with Crippen molar-refractivity contribution in [1.82, 2.24) is 4.57 Å². The van der Waals surface area contributed by atoms with Gasteiger partial charge in [0.2, 0.25) is 0 Å². The summed E-state index contributed by atoms with van der Waals surface area (Å²) >= 11 is 0. The van der Waals surface area contributed by atoms with Gasteiger partial charge in [-0.05, 0) is 105 Å². The molecule has 0 unspecified atom stereocenters. The molecular weight excluding hydrogens is 749 g/mol. The first-order valence-corrected chi connectivity index (χ1v) is 21.3. The lowest BCUT2D eigenvalue weighted by Crippen LogP contribution is -2.12. The lowest BCUT2D eigenvalue weighted by molar-refractivity contribution is 1.18. The average molecular weight is 791 g/mol. The summed E-state index contributed by atoms with van der Waals surface area (Å²) in [5.41, 5.74) is 18.4. The summed E-state index contributed by atoms with van der Waals surface area (Å²) in [6.45, 7) is 0. The van der Waals surface area contributed by atoms with Gasteiger partial charge < -0.3 is 9.47 Å². The van der Waals surface area contributed by atoms with Crippen LogP contribution in [0.3, 0.4) is 0 Å². The van der Waals surface area contributed by atoms with E-state index in [0.29, 0.717) is 0 Å². The van der Waals surface area contributed by atoms with Crippen LogP contribution in [-0.4, -0.2) is 4.57 Å². The number of para-hydroxylation sites is 3. The largest absolute Gasteiger partial charge is 0.310 e. The molecule has 1 heterocycles. The van der Waals surface area contributed by atoms with Crippen molar-refractivity contribution in [3.05, 3.63) is 255 Å². The SMILES string of the molecule is c1ccc(-c2ccccc2-c2cc(-c3ccccc3-c3ccccc3)cc(N(c3ccc4c5ccccc5n(-c5ccccc5)c4c3)c3ccccc3-c3ccccc3)c2)cc1. The maximum atomic E-state index is 2.47. The second kappa shape index (κ2) is 16.1. The number of hydrogen-bond acceptors (Lipinski definition) is 1. The summed E-state index contributed by atoms with van der Waals surface area (Å²) in [5, 5.41) is 2.45. The molecule has 0 saturated heterocycles. The molecule has 0 aliphatic heterocycles. The minimum Gasteiger partial charge on any atom is -0.310 e. The molecule has 11 rings (SSSR count). The predicted molar refractivity (Wildman–Crippen MR) is 263 cm³/mol. The highest BCUT2D eigenvalue weighted by molar-refractivity contribution is 6.10. The smallest absolute Gasteiger partial charge is 0.0561 e. The molecule has 0 spiro atoms. The highest BCUT2D eigenvalue weighted by Gasteiger charge is 2.22. The number of nitrogens with zero attached hydrogens (tertiary/aromatic N) is 2. The van der Waals surface area contributed by atoms with Crippen molar-refractivity contribution in [3.63, 3.8) is 0 Å². The quantitative estimate of drug-likeness (QED) is 0.141. The van der Waals surface area contributed by atoms with Gasteiger partial charge in [0, 0.05) is 33.4 Å². The Labute approximate surface area is 362 Å². The minimum absolute atomic E-state index is 1.06. The number of aromatic nitrogens is 1. The lowest BCUT2D eigenvalue weighted by atomic mass is 9.89. The summed E-state index contributed by atoms with van der Waals surface area (Å²) < 4.78 is 2.41. The number of anilines is 3. The van der Waals surface area contributed by atoms with Crippen molar-refractivity contribution in [2.24, 2.45) is 0 Å². The van der Waals surface area contributed by atoms with Crippen LogP contribution in [0.1, 0.15) is 0 Å². The van der Waals surface area contributed by atoms with Crippen molar-refractivity contribution in [2.45, 2.75) is 0 Å². The van der Waals surface area contributed by atoms with E-state index in [4.69, 9.17) is 0 Å². The van der Waals surface area contributed by atoms with Gasteiger partial charge in [-0.1, -0.05) is 200 Å². The molecule has 0 saturated carbocycles. The van der Waals surface area contributed by atoms with Crippen molar-refractivity contribution in [1.29, 1.82) is 0 Å². The standard InChI is InChI=1S/C60H42N2/c1-5-21-43(22-6-1)51-29-13-15-31-53(51)46-39-47(54-32-16-14-30-52(54)44-23-7-2-8-24-44)41-50(40-46)61(58-35-19-17-33-55(58)45-25-9-3-10-26-45)49-37-38-57-56-34-18-20-36-59(56)62(60(57)42-49)48-27-11-4-12-28-48/h1-42H. The number of benzene rings is 10. The van der Waals surface area contributed by atoms with Crippen LogP contribution in [-0.2, 0) is 0 Å². The van der Waals surface area contributed by atoms with E-state index in [-0.39, 0.29) is 0 Å². The van der Waals surface area contributed by atoms with E-state index in [9.17, 15) is 0 Å². The Kier molecular flexibility index (Phi) is 9.57. The number of hydrogen-bond donors (Lipinski definition) is 0. The van der Waals surface area contributed by atoms with Gasteiger partial charge in [0.05, 0.1) is 16.7 Å². The highest BCUT2D eigenvalue weighted by Crippen LogP contribution is 2.47. The van der Waals surface area contributed by atoms with E-state index in [1.54, 1.807) is 0 Å². The van der Waals surface area contributed by atoms with Crippen LogP contribution < -0.4 is 4.90 Å². The summed E-state index contributed by atoms with van der Waals surface area (Å²) in [6, 6.07) is 92.3. The zero-order valence-corrected chi connectivity index (χ0v) is 34.1. The molecule has 1 aromatic heterocycles. The van der Waals surface area contributed by atoms with Crippen LogP contribution in [0.15, 0.2) is 255 Å². The van der Waals surface area contributed by atoms with Crippen molar-refractivity contribution in [3.8, 4) is 61.3 Å². The lowest BCUT2D eigenvalue weighted by Gasteiger charge is -2.29. The Morgan fingerprint density at radius 1 is 0.258 bits per heavy atom. The molecule has 11 aromatic rings. The van der Waals surface area contributed by atoms with Gasteiger partial charge in [-0.25, -0.2) is 0 Å². The Hall–Kier alpha value is -8.20. The van der Waals surface area contributed by atoms with Crippen LogP contribution in [0.4, 0.5) is 17.1 Å². The van der Waals surface area contributed by atoms with Crippen molar-refractivity contribution in [2.75, 3.05) is 4.90 Å². The fourth-order valence-corrected chi connectivity index (χ4v) is 9.17. The zero-order chi connectivity index (χ0) is 41.2. The van der Waals surface area contributed by atoms with E-state index >= 15 is 0 Å². The van der Waals surface area contributed by atoms with Gasteiger partial charge in [0.1, 0.15) is 0 Å². The Morgan fingerprint density at radius 2 is 0.677 bits per heavy atom. The molecule has 0 fully saturated rings. The predicted octanol–water partition coefficient (Wildman–Crippen LogP) is 16.6. The molecule has 2 heteroatoms. The molecule has 0 aliphatic carbocycles. The Bertz CT molecular complexity index is 3230. The Balaban J connectivity index is 1.23. The molecule has 0 amide bonds. The first kappa shape index (κ1) is 36.8. The van der Waals surface area contributed by atoms with E-state index in [2.05, 4.69) is 264 Å². The van der Waals surface area contributed by atoms with Gasteiger partial charge in [-0.2, -0.15) is 0 Å². The van der Waals surface area contributed by atoms with Gasteiger partial charge >= 0.3 is 0 Å². The molecule has 62 heavy (non-hydrogen) atoms. The molecule has 0 bridgehead atoms. The molecule has 0 aliphatic rings. The van der Waals surface area contributed by atoms with E-state index in [0.717, 1.165) is 50.5 Å². The maximum Gasteiger partial charge on any atom is 0.0561 e. The minimum atomic E-state index is 1.06. The fraction of sp³-hybridized carbons (Fsp3) is 0. The second-order valence-electron chi connectivity index (χ2n) is 15.7. The molecule has 10 aromatic carbocycles. The first-order valence-electron chi connectivity index (χ1n) is 21.3. The maximum absolute atomic E-state index is 2.47. The fourth-order valence-electron chi connectivity index (χ4n) is 9.17. The summed E-state index contributed by atoms with van der Waals surface area (Å²) in [4.78, 5) is 2.47. The van der Waals surface area contributed by atoms with Gasteiger partial charge in [0.15, 0.2) is 0 Å². The second-order valence-corrected chi connectivity index (χ2v) is 15.7. The topological polar surface area (TPSA) is 8.17 Å². The van der Waals surface area contributed by atoms with Crippen LogP contribution in [0.2, 0.25) is 0 Å². The Morgan fingerprint density at radius 3 is 1.24 bits per heavy atom. The normalized spacial score (nSPS) is 11.2. The van der Waals surface area contributed by atoms with E-state index in [1.807, 2.05) is 0 Å². The average Bonchev–Trinajstić information content (AvgIpc) is 3.69. The third-order valence-corrected chi connectivity index (χ3v) is 12.0. The van der Waals surface area contributed by atoms with E-state index in [1.165, 1.54) is 49.7 Å². The molecule has 0 N–H and O–H groups in total. The number of rotatable bonds is 9. The molecule has 0 atom stereocenters. The molecule has 0 radical (unpaired) electrons.